The molecule has 0 fully saturated rings. The van der Waals surface area contributed by atoms with Crippen molar-refractivity contribution in [2.24, 2.45) is 0 Å². The number of fused-ring (bicyclic) bond motifs is 6. The summed E-state index contributed by atoms with van der Waals surface area (Å²) in [5, 5.41) is 0. The molecule has 0 aromatic heterocycles. The molecule has 0 amide bonds. The third kappa shape index (κ3) is 1.91. The van der Waals surface area contributed by atoms with Crippen molar-refractivity contribution in [3.05, 3.63) is 82.4 Å². The fourth-order valence-corrected chi connectivity index (χ4v) is 4.29. The highest BCUT2D eigenvalue weighted by atomic mass is 14.3. The van der Waals surface area contributed by atoms with Crippen LogP contribution in [0.15, 0.2) is 54.6 Å². The van der Waals surface area contributed by atoms with Gasteiger partial charge in [0, 0.05) is 0 Å². The monoisotopic (exact) mass is 296 g/mol. The number of hydrogen-bond acceptors (Lipinski definition) is 0. The molecule has 0 unspecified atom stereocenters. The maximum absolute atomic E-state index is 2.47. The van der Waals surface area contributed by atoms with Gasteiger partial charge in [-0.15, -0.1) is 0 Å². The molecular formula is C23H20. The Balaban J connectivity index is 1.69. The molecule has 0 heterocycles. The molecular weight excluding hydrogens is 276 g/mol. The molecule has 3 aromatic rings. The molecule has 23 heavy (non-hydrogen) atoms. The highest BCUT2D eigenvalue weighted by Gasteiger charge is 2.23. The molecule has 3 aromatic carbocycles. The second-order valence-corrected chi connectivity index (χ2v) is 6.85. The van der Waals surface area contributed by atoms with Gasteiger partial charge in [-0.1, -0.05) is 55.5 Å². The number of benzene rings is 3. The van der Waals surface area contributed by atoms with E-state index >= 15 is 0 Å². The van der Waals surface area contributed by atoms with Crippen LogP contribution in [0.5, 0.6) is 0 Å². The Kier molecular flexibility index (Phi) is 2.76. The minimum atomic E-state index is 1.08. The second kappa shape index (κ2) is 4.83. The van der Waals surface area contributed by atoms with Gasteiger partial charge in [0.1, 0.15) is 0 Å². The standard InChI is InChI=1S/C23H20/c1-2-15-7-10-21-17(11-15)8-9-18-13-23-19(14-22(18)21)12-16-5-3-4-6-20(16)23/h3-7,10-11,13-14H,2,8-9,12H2,1H3. The molecule has 0 saturated carbocycles. The maximum Gasteiger partial charge on any atom is -0.00132 e. The first-order valence-electron chi connectivity index (χ1n) is 8.69. The molecule has 2 aliphatic carbocycles. The second-order valence-electron chi connectivity index (χ2n) is 6.85. The summed E-state index contributed by atoms with van der Waals surface area (Å²) in [7, 11) is 0. The van der Waals surface area contributed by atoms with Crippen LogP contribution in [-0.4, -0.2) is 0 Å². The van der Waals surface area contributed by atoms with Gasteiger partial charge in [-0.3, -0.25) is 0 Å². The molecule has 112 valence electrons. The van der Waals surface area contributed by atoms with Gasteiger partial charge in [-0.2, -0.15) is 0 Å². The average Bonchev–Trinajstić information content (AvgIpc) is 2.97. The van der Waals surface area contributed by atoms with Gasteiger partial charge in [0.05, 0.1) is 0 Å². The van der Waals surface area contributed by atoms with Crippen LogP contribution < -0.4 is 0 Å². The number of hydrogen-bond donors (Lipinski definition) is 0. The lowest BCUT2D eigenvalue weighted by Crippen LogP contribution is -2.05. The van der Waals surface area contributed by atoms with E-state index in [1.165, 1.54) is 62.9 Å². The van der Waals surface area contributed by atoms with Crippen LogP contribution >= 0.6 is 0 Å². The van der Waals surface area contributed by atoms with Crippen molar-refractivity contribution in [1.29, 1.82) is 0 Å². The fourth-order valence-electron chi connectivity index (χ4n) is 4.29. The zero-order valence-corrected chi connectivity index (χ0v) is 13.5. The summed E-state index contributed by atoms with van der Waals surface area (Å²) in [6.45, 7) is 2.24. The van der Waals surface area contributed by atoms with E-state index in [-0.39, 0.29) is 0 Å². The number of aryl methyl sites for hydroxylation is 3. The molecule has 0 spiro atoms. The lowest BCUT2D eigenvalue weighted by Gasteiger charge is -2.22. The third-order valence-corrected chi connectivity index (χ3v) is 5.55. The SMILES string of the molecule is CCc1ccc2c(c1)CCc1cc3c(cc1-2)Cc1ccccc1-3. The van der Waals surface area contributed by atoms with Crippen LogP contribution in [-0.2, 0) is 25.7 Å². The first-order valence-corrected chi connectivity index (χ1v) is 8.69. The zero-order chi connectivity index (χ0) is 15.4. The van der Waals surface area contributed by atoms with Crippen molar-refractivity contribution in [1.82, 2.24) is 0 Å². The van der Waals surface area contributed by atoms with E-state index in [9.17, 15) is 0 Å². The minimum absolute atomic E-state index is 1.08. The number of rotatable bonds is 1. The summed E-state index contributed by atoms with van der Waals surface area (Å²) >= 11 is 0. The fraction of sp³-hybridized carbons (Fsp3) is 0.217. The smallest absolute Gasteiger partial charge is 0.00132 e. The molecule has 0 atom stereocenters. The quantitative estimate of drug-likeness (QED) is 0.430. The van der Waals surface area contributed by atoms with Crippen molar-refractivity contribution >= 4 is 0 Å². The van der Waals surface area contributed by atoms with E-state index < -0.39 is 0 Å². The van der Waals surface area contributed by atoms with E-state index in [1.54, 1.807) is 0 Å². The topological polar surface area (TPSA) is 0 Å². The van der Waals surface area contributed by atoms with Crippen molar-refractivity contribution in [2.45, 2.75) is 32.6 Å². The Morgan fingerprint density at radius 2 is 1.35 bits per heavy atom. The largest absolute Gasteiger partial charge is 0.0619 e. The van der Waals surface area contributed by atoms with Crippen molar-refractivity contribution < 1.29 is 0 Å². The first-order chi connectivity index (χ1) is 11.3. The van der Waals surface area contributed by atoms with E-state index in [4.69, 9.17) is 0 Å². The van der Waals surface area contributed by atoms with Gasteiger partial charge in [0.2, 0.25) is 0 Å². The van der Waals surface area contributed by atoms with Gasteiger partial charge in [-0.05, 0) is 81.8 Å². The van der Waals surface area contributed by atoms with Gasteiger partial charge in [-0.25, -0.2) is 0 Å². The van der Waals surface area contributed by atoms with E-state index in [0.717, 1.165) is 12.8 Å². The third-order valence-electron chi connectivity index (χ3n) is 5.55. The first kappa shape index (κ1) is 13.1. The Morgan fingerprint density at radius 3 is 2.22 bits per heavy atom. The van der Waals surface area contributed by atoms with E-state index in [0.29, 0.717) is 0 Å². The molecule has 5 rings (SSSR count). The molecule has 0 bridgehead atoms. The summed E-state index contributed by atoms with van der Waals surface area (Å²) in [5.74, 6) is 0. The van der Waals surface area contributed by atoms with Gasteiger partial charge in [0.25, 0.3) is 0 Å². The molecule has 0 nitrogen and oxygen atoms in total. The summed E-state index contributed by atoms with van der Waals surface area (Å²) < 4.78 is 0. The van der Waals surface area contributed by atoms with Crippen LogP contribution in [0.3, 0.4) is 0 Å². The van der Waals surface area contributed by atoms with E-state index in [1.807, 2.05) is 0 Å². The predicted octanol–water partition coefficient (Wildman–Crippen LogP) is 5.59. The average molecular weight is 296 g/mol. The van der Waals surface area contributed by atoms with Gasteiger partial charge >= 0.3 is 0 Å². The predicted molar refractivity (Wildman–Crippen MR) is 96.9 cm³/mol. The Morgan fingerprint density at radius 1 is 0.652 bits per heavy atom. The normalized spacial score (nSPS) is 14.0. The van der Waals surface area contributed by atoms with Crippen molar-refractivity contribution in [3.8, 4) is 22.3 Å². The van der Waals surface area contributed by atoms with Crippen LogP contribution in [0.1, 0.15) is 34.7 Å². The van der Waals surface area contributed by atoms with Crippen LogP contribution in [0, 0.1) is 0 Å². The summed E-state index contributed by atoms with van der Waals surface area (Å²) in [4.78, 5) is 0. The van der Waals surface area contributed by atoms with Gasteiger partial charge in [0.15, 0.2) is 0 Å². The molecule has 0 radical (unpaired) electrons. The summed E-state index contributed by atoms with van der Waals surface area (Å²) in [6, 6.07) is 20.9. The van der Waals surface area contributed by atoms with Crippen molar-refractivity contribution in [3.63, 3.8) is 0 Å². The van der Waals surface area contributed by atoms with Crippen LogP contribution in [0.2, 0.25) is 0 Å². The molecule has 2 aliphatic rings. The Labute approximate surface area is 137 Å². The minimum Gasteiger partial charge on any atom is -0.0619 e. The summed E-state index contributed by atoms with van der Waals surface area (Å²) in [6.07, 6.45) is 4.56. The van der Waals surface area contributed by atoms with E-state index in [2.05, 4.69) is 61.5 Å². The Hall–Kier alpha value is -2.34. The molecule has 0 heteroatoms. The Bertz CT molecular complexity index is 931. The van der Waals surface area contributed by atoms with Crippen LogP contribution in [0.4, 0.5) is 0 Å². The highest BCUT2D eigenvalue weighted by molar-refractivity contribution is 5.83. The lowest BCUT2D eigenvalue weighted by atomic mass is 9.82. The summed E-state index contributed by atoms with van der Waals surface area (Å²) in [5.41, 5.74) is 13.3. The lowest BCUT2D eigenvalue weighted by molar-refractivity contribution is 0.935. The molecule has 0 aliphatic heterocycles. The van der Waals surface area contributed by atoms with Crippen molar-refractivity contribution in [2.75, 3.05) is 0 Å². The maximum atomic E-state index is 2.47. The zero-order valence-electron chi connectivity index (χ0n) is 13.5. The molecule has 0 saturated heterocycles. The molecule has 0 N–H and O–H groups in total. The van der Waals surface area contributed by atoms with Gasteiger partial charge < -0.3 is 0 Å². The van der Waals surface area contributed by atoms with Crippen LogP contribution in [0.25, 0.3) is 22.3 Å². The highest BCUT2D eigenvalue weighted by Crippen LogP contribution is 2.43.